The second-order valence-corrected chi connectivity index (χ2v) is 4.48. The molecule has 1 aliphatic rings. The van der Waals surface area contributed by atoms with Crippen LogP contribution in [-0.4, -0.2) is 35.0 Å². The van der Waals surface area contributed by atoms with E-state index in [2.05, 4.69) is 10.2 Å². The number of aliphatic hydroxyl groups excluding tert-OH is 1. The molecule has 0 aromatic carbocycles. The van der Waals surface area contributed by atoms with Gasteiger partial charge in [-0.1, -0.05) is 5.10 Å². The summed E-state index contributed by atoms with van der Waals surface area (Å²) in [6.07, 6.45) is 0.963. The quantitative estimate of drug-likeness (QED) is 0.792. The van der Waals surface area contributed by atoms with Crippen LogP contribution in [0.2, 0.25) is 0 Å². The first-order valence-electron chi connectivity index (χ1n) is 5.04. The molecule has 2 atom stereocenters. The predicted octanol–water partition coefficient (Wildman–Crippen LogP) is 1.19. The average molecular weight is 232 g/mol. The lowest BCUT2D eigenvalue weighted by atomic mass is 10.1. The van der Waals surface area contributed by atoms with Gasteiger partial charge in [-0.15, -0.1) is 16.7 Å². The van der Waals surface area contributed by atoms with Crippen LogP contribution in [0.1, 0.15) is 24.6 Å². The van der Waals surface area contributed by atoms with Gasteiger partial charge < -0.3 is 14.4 Å². The molecule has 0 saturated carbocycles. The van der Waals surface area contributed by atoms with E-state index >= 15 is 0 Å². The summed E-state index contributed by atoms with van der Waals surface area (Å²) in [6, 6.07) is 0.508. The van der Waals surface area contributed by atoms with Gasteiger partial charge in [-0.3, -0.25) is 0 Å². The van der Waals surface area contributed by atoms with Crippen LogP contribution in [0.5, 0.6) is 0 Å². The molecule has 1 aromatic rings. The highest BCUT2D eigenvalue weighted by Crippen LogP contribution is 2.25. The van der Waals surface area contributed by atoms with Gasteiger partial charge in [0, 0.05) is 25.6 Å². The monoisotopic (exact) mass is 231 g/mol. The van der Waals surface area contributed by atoms with Gasteiger partial charge in [0.1, 0.15) is 5.38 Å². The third-order valence-corrected chi connectivity index (χ3v) is 2.77. The molecule has 0 bridgehead atoms. The van der Waals surface area contributed by atoms with Gasteiger partial charge in [0.15, 0.2) is 0 Å². The van der Waals surface area contributed by atoms with Crippen molar-refractivity contribution in [2.24, 2.45) is 5.92 Å². The average Bonchev–Trinajstić information content (AvgIpc) is 2.86. The Kier molecular flexibility index (Phi) is 3.11. The molecule has 1 aromatic heterocycles. The van der Waals surface area contributed by atoms with Gasteiger partial charge in [0.2, 0.25) is 5.89 Å². The van der Waals surface area contributed by atoms with Crippen molar-refractivity contribution in [2.75, 3.05) is 24.6 Å². The van der Waals surface area contributed by atoms with Crippen molar-refractivity contribution in [1.29, 1.82) is 0 Å². The fourth-order valence-electron chi connectivity index (χ4n) is 1.67. The minimum absolute atomic E-state index is 0.212. The maximum Gasteiger partial charge on any atom is 0.318 e. The largest absolute Gasteiger partial charge is 0.406 e. The number of halogens is 1. The molecule has 1 N–H and O–H groups in total. The van der Waals surface area contributed by atoms with Gasteiger partial charge in [-0.05, 0) is 13.3 Å². The summed E-state index contributed by atoms with van der Waals surface area (Å²) in [5.74, 6) is 0.757. The van der Waals surface area contributed by atoms with Crippen LogP contribution in [0.4, 0.5) is 6.01 Å². The Morgan fingerprint density at radius 3 is 3.00 bits per heavy atom. The van der Waals surface area contributed by atoms with E-state index in [1.165, 1.54) is 0 Å². The highest BCUT2D eigenvalue weighted by molar-refractivity contribution is 6.20. The van der Waals surface area contributed by atoms with E-state index in [0.717, 1.165) is 19.5 Å². The molecule has 0 radical (unpaired) electrons. The van der Waals surface area contributed by atoms with Crippen molar-refractivity contribution in [3.63, 3.8) is 0 Å². The van der Waals surface area contributed by atoms with Crippen molar-refractivity contribution in [2.45, 2.75) is 18.7 Å². The number of aromatic nitrogens is 2. The first-order chi connectivity index (χ1) is 7.20. The van der Waals surface area contributed by atoms with E-state index in [-0.39, 0.29) is 12.0 Å². The summed E-state index contributed by atoms with van der Waals surface area (Å²) in [6.45, 7) is 3.63. The first kappa shape index (κ1) is 10.7. The molecular weight excluding hydrogens is 218 g/mol. The van der Waals surface area contributed by atoms with Crippen LogP contribution >= 0.6 is 11.6 Å². The van der Waals surface area contributed by atoms with E-state index in [9.17, 15) is 0 Å². The summed E-state index contributed by atoms with van der Waals surface area (Å²) in [5.41, 5.74) is 0. The zero-order valence-corrected chi connectivity index (χ0v) is 9.31. The van der Waals surface area contributed by atoms with Crippen LogP contribution in [0.3, 0.4) is 0 Å². The summed E-state index contributed by atoms with van der Waals surface area (Å²) in [4.78, 5) is 1.98. The second kappa shape index (κ2) is 4.37. The fraction of sp³-hybridized carbons (Fsp3) is 0.778. The molecule has 1 aliphatic heterocycles. The summed E-state index contributed by atoms with van der Waals surface area (Å²) in [5, 5.41) is 16.5. The van der Waals surface area contributed by atoms with Crippen LogP contribution in [0, 0.1) is 5.92 Å². The van der Waals surface area contributed by atoms with E-state index in [1.54, 1.807) is 6.92 Å². The van der Waals surface area contributed by atoms with Gasteiger partial charge in [0.05, 0.1) is 0 Å². The molecule has 5 nitrogen and oxygen atoms in total. The molecule has 2 heterocycles. The summed E-state index contributed by atoms with van der Waals surface area (Å²) >= 11 is 5.82. The van der Waals surface area contributed by atoms with E-state index in [1.807, 2.05) is 4.90 Å². The lowest BCUT2D eigenvalue weighted by molar-refractivity contribution is 0.238. The number of nitrogens with zero attached hydrogens (tertiary/aromatic N) is 3. The van der Waals surface area contributed by atoms with Gasteiger partial charge >= 0.3 is 6.01 Å². The Bertz CT molecular complexity index is 329. The molecule has 0 spiro atoms. The molecular formula is C9H14ClN3O2. The number of rotatable bonds is 3. The Hall–Kier alpha value is -0.810. The van der Waals surface area contributed by atoms with Crippen LogP contribution in [0.25, 0.3) is 0 Å². The van der Waals surface area contributed by atoms with Gasteiger partial charge in [-0.2, -0.15) is 0 Å². The summed E-state index contributed by atoms with van der Waals surface area (Å²) < 4.78 is 5.41. The topological polar surface area (TPSA) is 62.4 Å². The van der Waals surface area contributed by atoms with Crippen molar-refractivity contribution >= 4 is 17.6 Å². The molecule has 0 amide bonds. The smallest absolute Gasteiger partial charge is 0.318 e. The lowest BCUT2D eigenvalue weighted by Gasteiger charge is -2.11. The Morgan fingerprint density at radius 2 is 2.47 bits per heavy atom. The molecule has 15 heavy (non-hydrogen) atoms. The van der Waals surface area contributed by atoms with Crippen LogP contribution < -0.4 is 4.90 Å². The fourth-order valence-corrected chi connectivity index (χ4v) is 1.76. The minimum atomic E-state index is -0.262. The third kappa shape index (κ3) is 2.23. The standard InChI is InChI=1S/C9H14ClN3O2/c1-6(10)8-11-12-9(15-8)13-3-2-7(4-13)5-14/h6-7,14H,2-5H2,1H3. The molecule has 0 aliphatic carbocycles. The van der Waals surface area contributed by atoms with Crippen molar-refractivity contribution in [1.82, 2.24) is 10.2 Å². The summed E-state index contributed by atoms with van der Waals surface area (Å²) in [7, 11) is 0. The molecule has 2 rings (SSSR count). The normalized spacial score (nSPS) is 23.4. The second-order valence-electron chi connectivity index (χ2n) is 3.82. The lowest BCUT2D eigenvalue weighted by Crippen LogP contribution is -2.20. The third-order valence-electron chi connectivity index (χ3n) is 2.58. The number of alkyl halides is 1. The molecule has 1 fully saturated rings. The minimum Gasteiger partial charge on any atom is -0.406 e. The zero-order valence-electron chi connectivity index (χ0n) is 8.56. The Labute approximate surface area is 93.0 Å². The van der Waals surface area contributed by atoms with Crippen molar-refractivity contribution in [3.8, 4) is 0 Å². The number of hydrogen-bond donors (Lipinski definition) is 1. The van der Waals surface area contributed by atoms with Gasteiger partial charge in [-0.25, -0.2) is 0 Å². The van der Waals surface area contributed by atoms with Crippen LogP contribution in [-0.2, 0) is 0 Å². The SMILES string of the molecule is CC(Cl)c1nnc(N2CCC(CO)C2)o1. The Morgan fingerprint density at radius 1 is 1.67 bits per heavy atom. The van der Waals surface area contributed by atoms with E-state index in [0.29, 0.717) is 17.8 Å². The molecule has 84 valence electrons. The van der Waals surface area contributed by atoms with Crippen molar-refractivity contribution in [3.05, 3.63) is 5.89 Å². The van der Waals surface area contributed by atoms with Crippen molar-refractivity contribution < 1.29 is 9.52 Å². The molecule has 1 saturated heterocycles. The Balaban J connectivity index is 2.04. The maximum atomic E-state index is 9.01. The predicted molar refractivity (Wildman–Crippen MR) is 56.0 cm³/mol. The number of hydrogen-bond acceptors (Lipinski definition) is 5. The highest BCUT2D eigenvalue weighted by atomic mass is 35.5. The number of aliphatic hydroxyl groups is 1. The zero-order chi connectivity index (χ0) is 10.8. The maximum absolute atomic E-state index is 9.01. The van der Waals surface area contributed by atoms with Gasteiger partial charge in [0.25, 0.3) is 0 Å². The van der Waals surface area contributed by atoms with E-state index < -0.39 is 0 Å². The highest BCUT2D eigenvalue weighted by Gasteiger charge is 2.26. The molecule has 2 unspecified atom stereocenters. The molecule has 6 heteroatoms. The van der Waals surface area contributed by atoms with Crippen LogP contribution in [0.15, 0.2) is 4.42 Å². The van der Waals surface area contributed by atoms with E-state index in [4.69, 9.17) is 21.1 Å². The number of anilines is 1. The first-order valence-corrected chi connectivity index (χ1v) is 5.47.